The van der Waals surface area contributed by atoms with Crippen LogP contribution in [0.3, 0.4) is 0 Å². The fourth-order valence-corrected chi connectivity index (χ4v) is 5.21. The maximum absolute atomic E-state index is 12.3. The van der Waals surface area contributed by atoms with Gasteiger partial charge < -0.3 is 16.0 Å². The lowest BCUT2D eigenvalue weighted by molar-refractivity contribution is -0.432. The first-order valence-corrected chi connectivity index (χ1v) is 16.6. The predicted octanol–water partition coefficient (Wildman–Crippen LogP) is 8.78. The highest BCUT2D eigenvalue weighted by Crippen LogP contribution is 2.35. The number of aryl methyl sites for hydroxylation is 1. The van der Waals surface area contributed by atoms with Crippen molar-refractivity contribution in [2.24, 2.45) is 20.5 Å². The lowest BCUT2D eigenvalue weighted by Gasteiger charge is -2.11. The molecule has 1 aromatic heterocycles. The lowest BCUT2D eigenvalue weighted by atomic mass is 10.2. The first-order chi connectivity index (χ1) is 23.9. The number of azo groups is 2. The van der Waals surface area contributed by atoms with Gasteiger partial charge in [-0.05, 0) is 91.3 Å². The van der Waals surface area contributed by atoms with Crippen LogP contribution in [0.2, 0.25) is 5.28 Å². The fraction of sp³-hybridized carbons (Fsp3) is 0.0667. The number of nitrogens with zero attached hydrogens (tertiary/aromatic N) is 7. The highest BCUT2D eigenvalue weighted by atomic mass is 35.5. The molecule has 1 amide bonds. The summed E-state index contributed by atoms with van der Waals surface area (Å²) in [6, 6.07) is 22.4. The second kappa shape index (κ2) is 16.3. The summed E-state index contributed by atoms with van der Waals surface area (Å²) in [4.78, 5) is 24.6. The number of hydrogen-bond donors (Lipinski definition) is 5. The van der Waals surface area contributed by atoms with E-state index in [9.17, 15) is 17.8 Å². The van der Waals surface area contributed by atoms with Gasteiger partial charge in [-0.25, -0.2) is 5.26 Å². The molecule has 4 aromatic carbocycles. The van der Waals surface area contributed by atoms with E-state index in [1.807, 2.05) is 31.2 Å². The number of carbonyl (C=O) groups is 1. The van der Waals surface area contributed by atoms with Gasteiger partial charge in [0.05, 0.1) is 29.1 Å². The average Bonchev–Trinajstić information content (AvgIpc) is 3.07. The Hall–Kier alpha value is -5.41. The first-order valence-electron chi connectivity index (χ1n) is 14.1. The van der Waals surface area contributed by atoms with Crippen molar-refractivity contribution in [1.29, 1.82) is 0 Å². The Morgan fingerprint density at radius 1 is 0.800 bits per heavy atom. The van der Waals surface area contributed by atoms with E-state index < -0.39 is 20.9 Å². The Labute approximate surface area is 293 Å². The van der Waals surface area contributed by atoms with Crippen LogP contribution in [0.5, 0.6) is 0 Å². The van der Waals surface area contributed by atoms with Gasteiger partial charge in [0.15, 0.2) is 0 Å². The van der Waals surface area contributed by atoms with Crippen LogP contribution in [0.1, 0.15) is 12.5 Å². The van der Waals surface area contributed by atoms with Crippen LogP contribution in [0.25, 0.3) is 0 Å². The van der Waals surface area contributed by atoms with E-state index in [1.165, 1.54) is 31.2 Å². The van der Waals surface area contributed by atoms with Gasteiger partial charge in [0, 0.05) is 23.2 Å². The van der Waals surface area contributed by atoms with Gasteiger partial charge in [0.1, 0.15) is 16.3 Å². The molecule has 0 unspecified atom stereocenters. The molecule has 0 fully saturated rings. The smallest absolute Gasteiger partial charge is 0.296 e. The van der Waals surface area contributed by atoms with Gasteiger partial charge in [-0.1, -0.05) is 22.7 Å². The maximum Gasteiger partial charge on any atom is 0.296 e. The predicted molar refractivity (Wildman–Crippen MR) is 185 cm³/mol. The van der Waals surface area contributed by atoms with Crippen molar-refractivity contribution in [3.63, 3.8) is 0 Å². The summed E-state index contributed by atoms with van der Waals surface area (Å²) < 4.78 is 38.8. The van der Waals surface area contributed by atoms with Gasteiger partial charge in [0.25, 0.3) is 10.1 Å². The van der Waals surface area contributed by atoms with Gasteiger partial charge >= 0.3 is 0 Å². The third-order valence-corrected chi connectivity index (χ3v) is 7.89. The number of aromatic nitrogens is 3. The standard InChI is InChI=1S/C30H25ClN10O7S2/c1-17-3-5-19(6-4-17)33-29-35-28(31)36-30(37-29)34-21-9-13-24(26(15-21)32-18(2)42)40-41-25-14-10-22(16-27(25)50(44,45)46)39-38-20-7-11-23(12-8-20)49-48-47-43/h3-16,43H,1-2H3,(H,32,42)(H,44,45,46)(H2,33,34,35,36,37). The first kappa shape index (κ1) is 35.9. The van der Waals surface area contributed by atoms with Gasteiger partial charge in [-0.15, -0.1) is 14.6 Å². The second-order valence-electron chi connectivity index (χ2n) is 10.0. The lowest BCUT2D eigenvalue weighted by Crippen LogP contribution is -2.07. The van der Waals surface area contributed by atoms with Crippen molar-refractivity contribution in [3.05, 3.63) is 95.8 Å². The van der Waals surface area contributed by atoms with Crippen LogP contribution in [0.15, 0.2) is 115 Å². The number of amides is 1. The van der Waals surface area contributed by atoms with E-state index in [0.717, 1.165) is 29.4 Å². The normalized spacial score (nSPS) is 11.6. The number of hydrogen-bond acceptors (Lipinski definition) is 16. The van der Waals surface area contributed by atoms with Crippen molar-refractivity contribution in [2.75, 3.05) is 16.0 Å². The van der Waals surface area contributed by atoms with Crippen LogP contribution in [-0.2, 0) is 24.3 Å². The topological polar surface area (TPSA) is 234 Å². The van der Waals surface area contributed by atoms with Crippen LogP contribution < -0.4 is 16.0 Å². The third kappa shape index (κ3) is 10.3. The summed E-state index contributed by atoms with van der Waals surface area (Å²) in [5, 5.41) is 36.7. The summed E-state index contributed by atoms with van der Waals surface area (Å²) in [7, 11) is -4.78. The highest BCUT2D eigenvalue weighted by molar-refractivity contribution is 7.94. The number of halogens is 1. The Balaban J connectivity index is 1.37. The van der Waals surface area contributed by atoms with Gasteiger partial charge in [-0.2, -0.15) is 33.6 Å². The summed E-state index contributed by atoms with van der Waals surface area (Å²) >= 11 is 6.90. The molecule has 20 heteroatoms. The van der Waals surface area contributed by atoms with Crippen LogP contribution in [0, 0.1) is 6.92 Å². The molecule has 5 rings (SSSR count). The zero-order valence-corrected chi connectivity index (χ0v) is 28.2. The van der Waals surface area contributed by atoms with Gasteiger partial charge in [-0.3, -0.25) is 9.35 Å². The minimum absolute atomic E-state index is 0.0682. The molecule has 0 saturated heterocycles. The molecular weight excluding hydrogens is 712 g/mol. The average molecular weight is 737 g/mol. The molecule has 17 nitrogen and oxygen atoms in total. The quantitative estimate of drug-likeness (QED) is 0.0250. The molecule has 0 bridgehead atoms. The van der Waals surface area contributed by atoms with Crippen LogP contribution in [-0.4, -0.2) is 39.1 Å². The van der Waals surface area contributed by atoms with Crippen LogP contribution in [0.4, 0.5) is 51.7 Å². The minimum atomic E-state index is -4.78. The summed E-state index contributed by atoms with van der Waals surface area (Å²) in [6.45, 7) is 3.27. The molecule has 256 valence electrons. The molecule has 0 aliphatic heterocycles. The zero-order chi connectivity index (χ0) is 35.7. The fourth-order valence-electron chi connectivity index (χ4n) is 4.05. The molecule has 1 heterocycles. The van der Waals surface area contributed by atoms with Crippen molar-refractivity contribution >= 4 is 91.4 Å². The highest BCUT2D eigenvalue weighted by Gasteiger charge is 2.17. The molecule has 0 radical (unpaired) electrons. The number of nitrogens with one attached hydrogen (secondary N) is 3. The molecule has 0 aliphatic carbocycles. The third-order valence-electron chi connectivity index (χ3n) is 6.24. The van der Waals surface area contributed by atoms with E-state index in [-0.39, 0.29) is 39.9 Å². The summed E-state index contributed by atoms with van der Waals surface area (Å²) in [6.07, 6.45) is 0. The number of anilines is 5. The summed E-state index contributed by atoms with van der Waals surface area (Å²) in [5.41, 5.74) is 2.94. The molecule has 0 aliphatic rings. The minimum Gasteiger partial charge on any atom is -0.324 e. The Morgan fingerprint density at radius 3 is 2.06 bits per heavy atom. The second-order valence-corrected chi connectivity index (χ2v) is 12.5. The number of benzene rings is 4. The Bertz CT molecular complexity index is 2170. The molecular formula is C30H25ClN10O7S2. The van der Waals surface area contributed by atoms with E-state index in [0.29, 0.717) is 16.3 Å². The molecule has 0 atom stereocenters. The van der Waals surface area contributed by atoms with E-state index in [2.05, 4.69) is 60.7 Å². The molecule has 5 N–H and O–H groups in total. The SMILES string of the molecule is CC(=O)Nc1cc(Nc2nc(Cl)nc(Nc3ccc(C)cc3)n2)ccc1N=Nc1ccc(N=Nc2ccc(SOOO)cc2)cc1S(=O)(=O)O. The summed E-state index contributed by atoms with van der Waals surface area (Å²) in [5.74, 6) is -0.113. The van der Waals surface area contributed by atoms with E-state index in [4.69, 9.17) is 16.9 Å². The van der Waals surface area contributed by atoms with Crippen molar-refractivity contribution in [1.82, 2.24) is 15.0 Å². The molecule has 5 aromatic rings. The number of carbonyl (C=O) groups excluding carboxylic acids is 1. The monoisotopic (exact) mass is 736 g/mol. The molecule has 50 heavy (non-hydrogen) atoms. The van der Waals surface area contributed by atoms with Crippen molar-refractivity contribution in [2.45, 2.75) is 23.6 Å². The molecule has 0 spiro atoms. The largest absolute Gasteiger partial charge is 0.324 e. The number of rotatable bonds is 13. The molecule has 0 saturated carbocycles. The maximum atomic E-state index is 12.3. The van der Waals surface area contributed by atoms with Gasteiger partial charge in [0.2, 0.25) is 23.1 Å². The Morgan fingerprint density at radius 2 is 1.40 bits per heavy atom. The van der Waals surface area contributed by atoms with Crippen molar-refractivity contribution in [3.8, 4) is 0 Å². The Kier molecular flexibility index (Phi) is 11.7. The van der Waals surface area contributed by atoms with Crippen LogP contribution >= 0.6 is 23.6 Å². The van der Waals surface area contributed by atoms with E-state index in [1.54, 1.807) is 30.3 Å². The zero-order valence-electron chi connectivity index (χ0n) is 25.8. The van der Waals surface area contributed by atoms with E-state index >= 15 is 0 Å². The van der Waals surface area contributed by atoms with Crippen molar-refractivity contribution < 1.29 is 32.4 Å².